The molecule has 0 bridgehead atoms. The number of halogens is 4. The van der Waals surface area contributed by atoms with Crippen molar-refractivity contribution in [3.63, 3.8) is 0 Å². The summed E-state index contributed by atoms with van der Waals surface area (Å²) in [6.45, 7) is 0. The highest BCUT2D eigenvalue weighted by atomic mass is 35.5. The van der Waals surface area contributed by atoms with Crippen molar-refractivity contribution in [3.05, 3.63) is 93.2 Å². The number of nitrogens with one attached hydrogen (secondary N) is 2. The summed E-state index contributed by atoms with van der Waals surface area (Å²) in [6, 6.07) is 14.7. The molecule has 0 aliphatic heterocycles. The summed E-state index contributed by atoms with van der Waals surface area (Å²) < 4.78 is 41.1. The van der Waals surface area contributed by atoms with Gasteiger partial charge in [-0.3, -0.25) is 4.79 Å². The van der Waals surface area contributed by atoms with Gasteiger partial charge in [-0.25, -0.2) is 12.8 Å². The molecule has 1 amide bonds. The van der Waals surface area contributed by atoms with Crippen LogP contribution in [0.3, 0.4) is 0 Å². The third-order valence-corrected chi connectivity index (χ3v) is 6.81. The second kappa shape index (κ2) is 9.97. The molecule has 0 radical (unpaired) electrons. The van der Waals surface area contributed by atoms with E-state index in [4.69, 9.17) is 34.8 Å². The van der Waals surface area contributed by atoms with Crippen molar-refractivity contribution in [3.8, 4) is 0 Å². The molecule has 162 valence electrons. The number of carbonyl (C=O) groups excluding carboxylic acids is 1. The lowest BCUT2D eigenvalue weighted by molar-refractivity contribution is -0.117. The van der Waals surface area contributed by atoms with E-state index >= 15 is 0 Å². The zero-order valence-corrected chi connectivity index (χ0v) is 18.9. The van der Waals surface area contributed by atoms with Crippen LogP contribution in [0.15, 0.2) is 71.6 Å². The van der Waals surface area contributed by atoms with Gasteiger partial charge in [-0.2, -0.15) is 4.72 Å². The zero-order chi connectivity index (χ0) is 22.6. The number of benzene rings is 3. The third kappa shape index (κ3) is 6.18. The maximum absolute atomic E-state index is 13.2. The number of rotatable bonds is 7. The van der Waals surface area contributed by atoms with E-state index in [-0.39, 0.29) is 32.1 Å². The van der Waals surface area contributed by atoms with Crippen LogP contribution in [0.2, 0.25) is 15.1 Å². The first-order valence-corrected chi connectivity index (χ1v) is 11.5. The summed E-state index contributed by atoms with van der Waals surface area (Å²) in [4.78, 5) is 12.8. The van der Waals surface area contributed by atoms with Crippen molar-refractivity contribution < 1.29 is 17.6 Å². The van der Waals surface area contributed by atoms with E-state index in [9.17, 15) is 17.6 Å². The Labute approximate surface area is 194 Å². The molecule has 3 aromatic rings. The molecule has 0 aliphatic rings. The molecule has 2 N–H and O–H groups in total. The van der Waals surface area contributed by atoms with Crippen molar-refractivity contribution in [1.82, 2.24) is 4.72 Å². The van der Waals surface area contributed by atoms with Crippen molar-refractivity contribution in [2.75, 3.05) is 5.32 Å². The van der Waals surface area contributed by atoms with Gasteiger partial charge in [0, 0.05) is 0 Å². The van der Waals surface area contributed by atoms with E-state index in [0.29, 0.717) is 0 Å². The SMILES string of the molecule is O=C(Nc1cc(Cl)c(Cl)cc1Cl)[C@H](Cc1ccccc1)NS(=O)(=O)c1ccc(F)cc1. The largest absolute Gasteiger partial charge is 0.323 e. The molecule has 0 fully saturated rings. The van der Waals surface area contributed by atoms with Crippen LogP contribution in [0.25, 0.3) is 0 Å². The molecular weight excluding hydrogens is 486 g/mol. The first-order valence-electron chi connectivity index (χ1n) is 8.93. The number of hydrogen-bond donors (Lipinski definition) is 2. The summed E-state index contributed by atoms with van der Waals surface area (Å²) in [5.74, 6) is -1.23. The fraction of sp³-hybridized carbons (Fsp3) is 0.0952. The predicted molar refractivity (Wildman–Crippen MR) is 121 cm³/mol. The fourth-order valence-electron chi connectivity index (χ4n) is 2.74. The van der Waals surface area contributed by atoms with Crippen molar-refractivity contribution >= 4 is 56.4 Å². The average Bonchev–Trinajstić information content (AvgIpc) is 2.72. The van der Waals surface area contributed by atoms with Crippen LogP contribution in [-0.2, 0) is 21.2 Å². The first-order chi connectivity index (χ1) is 14.7. The van der Waals surface area contributed by atoms with E-state index in [1.165, 1.54) is 12.1 Å². The molecule has 3 aromatic carbocycles. The Morgan fingerprint density at radius 1 is 0.903 bits per heavy atom. The maximum atomic E-state index is 13.2. The standard InChI is InChI=1S/C21H16Cl3FN2O3S/c22-16-11-18(24)19(12-17(16)23)26-21(28)20(10-13-4-2-1-3-5-13)27-31(29,30)15-8-6-14(25)7-9-15/h1-9,11-12,20,27H,10H2,(H,26,28)/t20-/m0/s1. The molecule has 0 saturated carbocycles. The van der Waals surface area contributed by atoms with E-state index < -0.39 is 27.8 Å². The highest BCUT2D eigenvalue weighted by Gasteiger charge is 2.27. The third-order valence-electron chi connectivity index (χ3n) is 4.29. The predicted octanol–water partition coefficient (Wildman–Crippen LogP) is 5.31. The Hall–Kier alpha value is -2.16. The van der Waals surface area contributed by atoms with Gasteiger partial charge in [0.1, 0.15) is 11.9 Å². The second-order valence-corrected chi connectivity index (χ2v) is 9.49. The second-order valence-electron chi connectivity index (χ2n) is 6.55. The Morgan fingerprint density at radius 3 is 2.16 bits per heavy atom. The normalized spacial score (nSPS) is 12.4. The van der Waals surface area contributed by atoms with Crippen LogP contribution in [0.1, 0.15) is 5.56 Å². The molecule has 3 rings (SSSR count). The summed E-state index contributed by atoms with van der Waals surface area (Å²) in [7, 11) is -4.12. The number of carbonyl (C=O) groups is 1. The van der Waals surface area contributed by atoms with Gasteiger partial charge in [-0.15, -0.1) is 0 Å². The Kier molecular flexibility index (Phi) is 7.56. The average molecular weight is 502 g/mol. The summed E-state index contributed by atoms with van der Waals surface area (Å²) >= 11 is 18.0. The molecule has 5 nitrogen and oxygen atoms in total. The number of amides is 1. The lowest BCUT2D eigenvalue weighted by Gasteiger charge is -2.19. The molecule has 0 unspecified atom stereocenters. The molecular formula is C21H16Cl3FN2O3S. The summed E-state index contributed by atoms with van der Waals surface area (Å²) in [5, 5.41) is 3.11. The van der Waals surface area contributed by atoms with Crippen LogP contribution in [-0.4, -0.2) is 20.4 Å². The zero-order valence-electron chi connectivity index (χ0n) is 15.8. The lowest BCUT2D eigenvalue weighted by Crippen LogP contribution is -2.45. The Balaban J connectivity index is 1.89. The van der Waals surface area contributed by atoms with Crippen molar-refractivity contribution in [2.24, 2.45) is 0 Å². The number of hydrogen-bond acceptors (Lipinski definition) is 3. The molecule has 0 saturated heterocycles. The molecule has 31 heavy (non-hydrogen) atoms. The van der Waals surface area contributed by atoms with Crippen LogP contribution < -0.4 is 10.0 Å². The lowest BCUT2D eigenvalue weighted by atomic mass is 10.1. The van der Waals surface area contributed by atoms with E-state index in [1.807, 2.05) is 0 Å². The number of anilines is 1. The highest BCUT2D eigenvalue weighted by Crippen LogP contribution is 2.32. The van der Waals surface area contributed by atoms with Crippen molar-refractivity contribution in [2.45, 2.75) is 17.4 Å². The van der Waals surface area contributed by atoms with E-state index in [1.54, 1.807) is 30.3 Å². The van der Waals surface area contributed by atoms with Gasteiger partial charge in [0.2, 0.25) is 15.9 Å². The molecule has 0 aliphatic carbocycles. The Morgan fingerprint density at radius 2 is 1.52 bits per heavy atom. The minimum absolute atomic E-state index is 0.0615. The molecule has 10 heteroatoms. The number of sulfonamides is 1. The minimum Gasteiger partial charge on any atom is -0.323 e. The maximum Gasteiger partial charge on any atom is 0.242 e. The van der Waals surface area contributed by atoms with E-state index in [2.05, 4.69) is 10.0 Å². The van der Waals surface area contributed by atoms with Gasteiger partial charge in [-0.05, 0) is 48.4 Å². The Bertz CT molecular complexity index is 1190. The summed E-state index contributed by atoms with van der Waals surface area (Å²) in [6.07, 6.45) is 0.0615. The topological polar surface area (TPSA) is 75.3 Å². The molecule has 0 spiro atoms. The molecule has 0 aromatic heterocycles. The quantitative estimate of drug-likeness (QED) is 0.431. The first kappa shape index (κ1) is 23.5. The molecule has 0 heterocycles. The monoisotopic (exact) mass is 500 g/mol. The van der Waals surface area contributed by atoms with Crippen LogP contribution in [0.5, 0.6) is 0 Å². The van der Waals surface area contributed by atoms with Gasteiger partial charge in [0.15, 0.2) is 0 Å². The van der Waals surface area contributed by atoms with Crippen LogP contribution >= 0.6 is 34.8 Å². The van der Waals surface area contributed by atoms with Gasteiger partial charge in [-0.1, -0.05) is 65.1 Å². The van der Waals surface area contributed by atoms with Crippen LogP contribution in [0.4, 0.5) is 10.1 Å². The van der Waals surface area contributed by atoms with Gasteiger partial charge >= 0.3 is 0 Å². The van der Waals surface area contributed by atoms with Gasteiger partial charge < -0.3 is 5.32 Å². The highest BCUT2D eigenvalue weighted by molar-refractivity contribution is 7.89. The van der Waals surface area contributed by atoms with E-state index in [0.717, 1.165) is 29.8 Å². The summed E-state index contributed by atoms with van der Waals surface area (Å²) in [5.41, 5.74) is 0.907. The van der Waals surface area contributed by atoms with Crippen molar-refractivity contribution in [1.29, 1.82) is 0 Å². The fourth-order valence-corrected chi connectivity index (χ4v) is 4.53. The minimum atomic E-state index is -4.12. The van der Waals surface area contributed by atoms with Gasteiger partial charge in [0.05, 0.1) is 25.7 Å². The smallest absolute Gasteiger partial charge is 0.242 e. The van der Waals surface area contributed by atoms with Crippen LogP contribution in [0, 0.1) is 5.82 Å². The van der Waals surface area contributed by atoms with Gasteiger partial charge in [0.25, 0.3) is 0 Å². The molecule has 1 atom stereocenters.